The molecule has 0 saturated heterocycles. The van der Waals surface area contributed by atoms with E-state index in [0.29, 0.717) is 6.54 Å². The summed E-state index contributed by atoms with van der Waals surface area (Å²) in [6, 6.07) is 7.89. The van der Waals surface area contributed by atoms with Crippen LogP contribution >= 0.6 is 35.6 Å². The van der Waals surface area contributed by atoms with E-state index in [2.05, 4.69) is 11.1 Å². The van der Waals surface area contributed by atoms with Crippen LogP contribution in [0.15, 0.2) is 29.3 Å². The number of rotatable bonds is 3. The number of aliphatic imine (C=N–C) groups is 1. The minimum atomic E-state index is 0. The lowest BCUT2D eigenvalue weighted by atomic mass is 9.96. The Hall–Kier alpha value is -0.490. The van der Waals surface area contributed by atoms with Crippen LogP contribution in [0.1, 0.15) is 18.4 Å². The van der Waals surface area contributed by atoms with Crippen molar-refractivity contribution in [2.45, 2.75) is 18.3 Å². The number of nitrogens with zero attached hydrogens (tertiary/aromatic N) is 1. The number of hydrogen-bond donors (Lipinski definition) is 2. The normalized spacial score (nSPS) is 16.1. The first kappa shape index (κ1) is 13.6. The van der Waals surface area contributed by atoms with Gasteiger partial charge in [0.25, 0.3) is 0 Å². The molecule has 0 aliphatic heterocycles. The summed E-state index contributed by atoms with van der Waals surface area (Å²) < 4.78 is 0. The molecular formula is C11H15ClIN3. The molecule has 4 N–H and O–H groups in total. The number of guanidine groups is 1. The first-order valence-corrected chi connectivity index (χ1v) is 5.32. The van der Waals surface area contributed by atoms with Crippen LogP contribution < -0.4 is 11.5 Å². The highest BCUT2D eigenvalue weighted by molar-refractivity contribution is 14.0. The lowest BCUT2D eigenvalue weighted by Crippen LogP contribution is -2.25. The minimum absolute atomic E-state index is 0. The first-order valence-electron chi connectivity index (χ1n) is 4.94. The van der Waals surface area contributed by atoms with Crippen LogP contribution in [-0.2, 0) is 5.41 Å². The van der Waals surface area contributed by atoms with Crippen LogP contribution in [0.2, 0.25) is 5.02 Å². The van der Waals surface area contributed by atoms with E-state index in [-0.39, 0.29) is 35.4 Å². The average molecular weight is 352 g/mol. The first-order chi connectivity index (χ1) is 7.14. The molecule has 0 radical (unpaired) electrons. The lowest BCUT2D eigenvalue weighted by Gasteiger charge is -2.14. The van der Waals surface area contributed by atoms with Gasteiger partial charge < -0.3 is 11.5 Å². The van der Waals surface area contributed by atoms with Crippen molar-refractivity contribution in [1.82, 2.24) is 0 Å². The molecule has 0 unspecified atom stereocenters. The Morgan fingerprint density at radius 1 is 1.31 bits per heavy atom. The van der Waals surface area contributed by atoms with Crippen molar-refractivity contribution in [3.63, 3.8) is 0 Å². The maximum absolute atomic E-state index is 6.15. The van der Waals surface area contributed by atoms with Gasteiger partial charge in [0.1, 0.15) is 0 Å². The van der Waals surface area contributed by atoms with E-state index in [1.165, 1.54) is 0 Å². The van der Waals surface area contributed by atoms with Crippen LogP contribution in [0.3, 0.4) is 0 Å². The molecule has 3 nitrogen and oxygen atoms in total. The standard InChI is InChI=1S/C11H14ClN3.HI/c12-9-4-2-1-3-8(9)11(5-6-11)7-15-10(13)14;/h1-4H,5-7H2,(H4,13,14,15);1H. The van der Waals surface area contributed by atoms with Gasteiger partial charge in [-0.1, -0.05) is 29.8 Å². The Kier molecular flexibility index (Phi) is 4.43. The Balaban J connectivity index is 0.00000128. The van der Waals surface area contributed by atoms with Crippen molar-refractivity contribution in [3.8, 4) is 0 Å². The maximum Gasteiger partial charge on any atom is 0.185 e. The lowest BCUT2D eigenvalue weighted by molar-refractivity contribution is 0.705. The second kappa shape index (κ2) is 5.23. The summed E-state index contributed by atoms with van der Waals surface area (Å²) in [5.41, 5.74) is 11.9. The van der Waals surface area contributed by atoms with Gasteiger partial charge in [-0.25, -0.2) is 0 Å². The van der Waals surface area contributed by atoms with E-state index in [1.54, 1.807) is 0 Å². The number of benzene rings is 1. The summed E-state index contributed by atoms with van der Waals surface area (Å²) >= 11 is 6.15. The molecule has 88 valence electrons. The largest absolute Gasteiger partial charge is 0.370 e. The van der Waals surface area contributed by atoms with E-state index < -0.39 is 0 Å². The fraction of sp³-hybridized carbons (Fsp3) is 0.364. The molecule has 0 bridgehead atoms. The van der Waals surface area contributed by atoms with Crippen LogP contribution in [0.25, 0.3) is 0 Å². The van der Waals surface area contributed by atoms with Gasteiger partial charge in [0.05, 0.1) is 6.54 Å². The molecule has 1 saturated carbocycles. The SMILES string of the molecule is I.NC(N)=NCC1(c2ccccc2Cl)CC1. The monoisotopic (exact) mass is 351 g/mol. The predicted molar refractivity (Wildman–Crippen MR) is 78.5 cm³/mol. The molecule has 16 heavy (non-hydrogen) atoms. The Labute approximate surface area is 117 Å². The van der Waals surface area contributed by atoms with E-state index in [1.807, 2.05) is 18.2 Å². The average Bonchev–Trinajstić information content (AvgIpc) is 2.97. The molecule has 1 aromatic carbocycles. The second-order valence-electron chi connectivity index (χ2n) is 4.00. The van der Waals surface area contributed by atoms with Crippen LogP contribution in [0.5, 0.6) is 0 Å². The van der Waals surface area contributed by atoms with Crippen molar-refractivity contribution in [1.29, 1.82) is 0 Å². The molecule has 0 amide bonds. The number of halogens is 2. The molecule has 2 rings (SSSR count). The third-order valence-electron chi connectivity index (χ3n) is 2.86. The van der Waals surface area contributed by atoms with Crippen LogP contribution in [-0.4, -0.2) is 12.5 Å². The van der Waals surface area contributed by atoms with Gasteiger partial charge in [0.15, 0.2) is 5.96 Å². The molecule has 0 heterocycles. The van der Waals surface area contributed by atoms with Gasteiger partial charge in [0.2, 0.25) is 0 Å². The number of hydrogen-bond acceptors (Lipinski definition) is 1. The fourth-order valence-corrected chi connectivity index (χ4v) is 2.13. The summed E-state index contributed by atoms with van der Waals surface area (Å²) in [4.78, 5) is 4.09. The predicted octanol–water partition coefficient (Wildman–Crippen LogP) is 2.26. The Morgan fingerprint density at radius 3 is 2.44 bits per heavy atom. The topological polar surface area (TPSA) is 64.4 Å². The molecule has 0 spiro atoms. The smallest absolute Gasteiger partial charge is 0.185 e. The molecule has 5 heteroatoms. The van der Waals surface area contributed by atoms with Crippen molar-refractivity contribution in [2.24, 2.45) is 16.5 Å². The second-order valence-corrected chi connectivity index (χ2v) is 4.41. The van der Waals surface area contributed by atoms with Crippen molar-refractivity contribution < 1.29 is 0 Å². The molecule has 1 aliphatic rings. The van der Waals surface area contributed by atoms with Crippen molar-refractivity contribution in [2.75, 3.05) is 6.54 Å². The summed E-state index contributed by atoms with van der Waals surface area (Å²) in [6.45, 7) is 0.638. The van der Waals surface area contributed by atoms with Crippen LogP contribution in [0, 0.1) is 0 Å². The van der Waals surface area contributed by atoms with Crippen molar-refractivity contribution in [3.05, 3.63) is 34.9 Å². The van der Waals surface area contributed by atoms with Gasteiger partial charge in [-0.2, -0.15) is 0 Å². The zero-order valence-corrected chi connectivity index (χ0v) is 11.9. The Morgan fingerprint density at radius 2 is 1.94 bits per heavy atom. The third-order valence-corrected chi connectivity index (χ3v) is 3.19. The van der Waals surface area contributed by atoms with Gasteiger partial charge in [-0.3, -0.25) is 4.99 Å². The minimum Gasteiger partial charge on any atom is -0.370 e. The van der Waals surface area contributed by atoms with E-state index in [4.69, 9.17) is 23.1 Å². The summed E-state index contributed by atoms with van der Waals surface area (Å²) in [5, 5.41) is 0.806. The molecule has 1 fully saturated rings. The molecule has 1 aromatic rings. The zero-order chi connectivity index (χ0) is 10.9. The maximum atomic E-state index is 6.15. The van der Waals surface area contributed by atoms with Gasteiger partial charge >= 0.3 is 0 Å². The van der Waals surface area contributed by atoms with E-state index >= 15 is 0 Å². The highest BCUT2D eigenvalue weighted by atomic mass is 127. The van der Waals surface area contributed by atoms with Gasteiger partial charge in [-0.05, 0) is 24.5 Å². The Bertz CT molecular complexity index is 398. The molecular weight excluding hydrogens is 336 g/mol. The van der Waals surface area contributed by atoms with Crippen molar-refractivity contribution >= 4 is 41.5 Å². The highest BCUT2D eigenvalue weighted by Crippen LogP contribution is 2.50. The van der Waals surface area contributed by atoms with E-state index in [0.717, 1.165) is 23.4 Å². The molecule has 0 atom stereocenters. The zero-order valence-electron chi connectivity index (χ0n) is 8.82. The summed E-state index contributed by atoms with van der Waals surface area (Å²) in [7, 11) is 0. The molecule has 1 aliphatic carbocycles. The number of nitrogens with two attached hydrogens (primary N) is 2. The van der Waals surface area contributed by atoms with Crippen LogP contribution in [0.4, 0.5) is 0 Å². The van der Waals surface area contributed by atoms with E-state index in [9.17, 15) is 0 Å². The summed E-state index contributed by atoms with van der Waals surface area (Å²) in [5.74, 6) is 0.147. The van der Waals surface area contributed by atoms with Gasteiger partial charge in [-0.15, -0.1) is 24.0 Å². The third kappa shape index (κ3) is 2.79. The quantitative estimate of drug-likeness (QED) is 0.498. The molecule has 0 aromatic heterocycles. The fourth-order valence-electron chi connectivity index (χ4n) is 1.80. The van der Waals surface area contributed by atoms with Gasteiger partial charge in [0, 0.05) is 10.4 Å². The summed E-state index contributed by atoms with van der Waals surface area (Å²) in [6.07, 6.45) is 2.21. The highest BCUT2D eigenvalue weighted by Gasteiger charge is 2.45.